The Balaban J connectivity index is 1.53. The zero-order valence-electron chi connectivity index (χ0n) is 14.7. The van der Waals surface area contributed by atoms with Crippen LogP contribution in [-0.4, -0.2) is 60.2 Å². The molecule has 2 fully saturated rings. The summed E-state index contributed by atoms with van der Waals surface area (Å²) >= 11 is 6.37. The molecule has 0 bridgehead atoms. The van der Waals surface area contributed by atoms with Gasteiger partial charge in [0.05, 0.1) is 18.7 Å². The summed E-state index contributed by atoms with van der Waals surface area (Å²) in [6, 6.07) is 8.79. The number of ether oxygens (including phenoxy) is 1. The number of nitrogens with zero attached hydrogens (tertiary/aromatic N) is 3. The molecule has 2 aliphatic heterocycles. The van der Waals surface area contributed by atoms with Gasteiger partial charge in [-0.2, -0.15) is 0 Å². The molecule has 5 heteroatoms. The van der Waals surface area contributed by atoms with Gasteiger partial charge in [0.15, 0.2) is 0 Å². The number of hydrogen-bond acceptors (Lipinski definition) is 4. The van der Waals surface area contributed by atoms with Gasteiger partial charge in [-0.25, -0.2) is 0 Å². The second-order valence-corrected chi connectivity index (χ2v) is 7.61. The van der Waals surface area contributed by atoms with E-state index in [1.54, 1.807) is 0 Å². The highest BCUT2D eigenvalue weighted by molar-refractivity contribution is 6.31. The highest BCUT2D eigenvalue weighted by Crippen LogP contribution is 2.26. The first-order valence-corrected chi connectivity index (χ1v) is 9.75. The fourth-order valence-electron chi connectivity index (χ4n) is 4.12. The summed E-state index contributed by atoms with van der Waals surface area (Å²) in [5, 5.41) is 1.93. The van der Waals surface area contributed by atoms with Crippen molar-refractivity contribution in [3.63, 3.8) is 0 Å². The second kappa shape index (κ2) is 8.00. The standard InChI is InChI=1S/C20H26ClN3O/c21-18-12-16-4-3-6-22-20(16)17(13-18)14-24-7-2-1-5-19(24)15-23-8-10-25-11-9-23/h3-4,6,12-13,19H,1-2,5,7-11,14-15H2. The summed E-state index contributed by atoms with van der Waals surface area (Å²) in [6.07, 6.45) is 5.77. The van der Waals surface area contributed by atoms with Gasteiger partial charge >= 0.3 is 0 Å². The Bertz CT molecular complexity index is 717. The first-order valence-electron chi connectivity index (χ1n) is 9.37. The van der Waals surface area contributed by atoms with E-state index >= 15 is 0 Å². The normalized spacial score (nSPS) is 23.2. The lowest BCUT2D eigenvalue weighted by Gasteiger charge is -2.39. The zero-order valence-corrected chi connectivity index (χ0v) is 15.4. The molecule has 2 aromatic rings. The van der Waals surface area contributed by atoms with Crippen molar-refractivity contribution in [2.24, 2.45) is 0 Å². The average Bonchev–Trinajstić information content (AvgIpc) is 2.64. The molecule has 1 atom stereocenters. The van der Waals surface area contributed by atoms with E-state index in [1.165, 1.54) is 24.8 Å². The molecular weight excluding hydrogens is 334 g/mol. The molecule has 0 spiro atoms. The van der Waals surface area contributed by atoms with Crippen LogP contribution < -0.4 is 0 Å². The van der Waals surface area contributed by atoms with Crippen molar-refractivity contribution in [3.05, 3.63) is 41.0 Å². The summed E-state index contributed by atoms with van der Waals surface area (Å²) in [5.41, 5.74) is 2.33. The Morgan fingerprint density at radius 3 is 2.92 bits per heavy atom. The molecule has 3 heterocycles. The number of halogens is 1. The van der Waals surface area contributed by atoms with E-state index in [0.717, 1.165) is 61.9 Å². The largest absolute Gasteiger partial charge is 0.379 e. The summed E-state index contributed by atoms with van der Waals surface area (Å²) in [4.78, 5) is 9.81. The van der Waals surface area contributed by atoms with Crippen molar-refractivity contribution in [3.8, 4) is 0 Å². The van der Waals surface area contributed by atoms with Gasteiger partial charge in [-0.15, -0.1) is 0 Å². The van der Waals surface area contributed by atoms with Gasteiger partial charge in [0, 0.05) is 48.8 Å². The number of morpholine rings is 1. The topological polar surface area (TPSA) is 28.6 Å². The molecule has 0 N–H and O–H groups in total. The Morgan fingerprint density at radius 1 is 1.16 bits per heavy atom. The molecule has 0 aliphatic carbocycles. The molecule has 1 unspecified atom stereocenters. The van der Waals surface area contributed by atoms with E-state index in [-0.39, 0.29) is 0 Å². The minimum absolute atomic E-state index is 0.615. The molecule has 2 saturated heterocycles. The van der Waals surface area contributed by atoms with Gasteiger partial charge in [-0.05, 0) is 43.1 Å². The maximum Gasteiger partial charge on any atom is 0.0747 e. The smallest absolute Gasteiger partial charge is 0.0747 e. The first-order chi connectivity index (χ1) is 12.3. The van der Waals surface area contributed by atoms with Crippen LogP contribution in [0.2, 0.25) is 5.02 Å². The van der Waals surface area contributed by atoms with Crippen LogP contribution in [-0.2, 0) is 11.3 Å². The Labute approximate surface area is 154 Å². The highest BCUT2D eigenvalue weighted by Gasteiger charge is 2.26. The summed E-state index contributed by atoms with van der Waals surface area (Å²) in [5.74, 6) is 0. The minimum atomic E-state index is 0.615. The van der Waals surface area contributed by atoms with Crippen LogP contribution in [0.1, 0.15) is 24.8 Å². The Kier molecular flexibility index (Phi) is 5.51. The number of likely N-dealkylation sites (tertiary alicyclic amines) is 1. The van der Waals surface area contributed by atoms with E-state index in [9.17, 15) is 0 Å². The number of piperidine rings is 1. The van der Waals surface area contributed by atoms with Gasteiger partial charge in [0.2, 0.25) is 0 Å². The number of fused-ring (bicyclic) bond motifs is 1. The molecular formula is C20H26ClN3O. The van der Waals surface area contributed by atoms with E-state index < -0.39 is 0 Å². The highest BCUT2D eigenvalue weighted by atomic mass is 35.5. The van der Waals surface area contributed by atoms with Crippen molar-refractivity contribution in [1.29, 1.82) is 0 Å². The Morgan fingerprint density at radius 2 is 2.04 bits per heavy atom. The SMILES string of the molecule is Clc1cc(CN2CCCCC2CN2CCOCC2)c2ncccc2c1. The fraction of sp³-hybridized carbons (Fsp3) is 0.550. The lowest BCUT2D eigenvalue weighted by molar-refractivity contribution is 0.0153. The number of aromatic nitrogens is 1. The maximum absolute atomic E-state index is 6.37. The summed E-state index contributed by atoms with van der Waals surface area (Å²) in [7, 11) is 0. The predicted molar refractivity (Wildman–Crippen MR) is 102 cm³/mol. The molecule has 1 aromatic heterocycles. The fourth-order valence-corrected chi connectivity index (χ4v) is 4.37. The van der Waals surface area contributed by atoms with Crippen LogP contribution in [0.4, 0.5) is 0 Å². The Hall–Kier alpha value is -1.20. The number of benzene rings is 1. The first kappa shape index (κ1) is 17.2. The quantitative estimate of drug-likeness (QED) is 0.834. The van der Waals surface area contributed by atoms with Gasteiger partial charge in [0.25, 0.3) is 0 Å². The summed E-state index contributed by atoms with van der Waals surface area (Å²) in [6.45, 7) is 7.11. The molecule has 134 valence electrons. The van der Waals surface area contributed by atoms with Crippen molar-refractivity contribution < 1.29 is 4.74 Å². The zero-order chi connectivity index (χ0) is 17.1. The van der Waals surface area contributed by atoms with E-state index in [2.05, 4.69) is 26.9 Å². The van der Waals surface area contributed by atoms with Gasteiger partial charge in [-0.1, -0.05) is 24.1 Å². The average molecular weight is 360 g/mol. The van der Waals surface area contributed by atoms with E-state index in [0.29, 0.717) is 6.04 Å². The van der Waals surface area contributed by atoms with Crippen LogP contribution in [0.5, 0.6) is 0 Å². The van der Waals surface area contributed by atoms with Crippen LogP contribution in [0.25, 0.3) is 10.9 Å². The number of hydrogen-bond donors (Lipinski definition) is 0. The maximum atomic E-state index is 6.37. The van der Waals surface area contributed by atoms with E-state index in [1.807, 2.05) is 18.3 Å². The molecule has 4 nitrogen and oxygen atoms in total. The molecule has 0 amide bonds. The number of rotatable bonds is 4. The molecule has 4 rings (SSSR count). The molecule has 0 radical (unpaired) electrons. The second-order valence-electron chi connectivity index (χ2n) is 7.17. The monoisotopic (exact) mass is 359 g/mol. The number of pyridine rings is 1. The molecule has 2 aliphatic rings. The van der Waals surface area contributed by atoms with Crippen molar-refractivity contribution in [2.75, 3.05) is 39.4 Å². The third kappa shape index (κ3) is 4.14. The van der Waals surface area contributed by atoms with Gasteiger partial charge < -0.3 is 4.74 Å². The van der Waals surface area contributed by atoms with E-state index in [4.69, 9.17) is 16.3 Å². The van der Waals surface area contributed by atoms with Crippen LogP contribution in [0.3, 0.4) is 0 Å². The third-order valence-corrected chi connectivity index (χ3v) is 5.66. The predicted octanol–water partition coefficient (Wildman–Crippen LogP) is 3.57. The minimum Gasteiger partial charge on any atom is -0.379 e. The van der Waals surface area contributed by atoms with Crippen LogP contribution in [0, 0.1) is 0 Å². The van der Waals surface area contributed by atoms with Gasteiger partial charge in [-0.3, -0.25) is 14.8 Å². The lowest BCUT2D eigenvalue weighted by Crippen LogP contribution is -2.49. The van der Waals surface area contributed by atoms with Crippen LogP contribution >= 0.6 is 11.6 Å². The molecule has 0 saturated carbocycles. The van der Waals surface area contributed by atoms with Crippen molar-refractivity contribution in [1.82, 2.24) is 14.8 Å². The van der Waals surface area contributed by atoms with Crippen molar-refractivity contribution >= 4 is 22.5 Å². The molecule has 1 aromatic carbocycles. The summed E-state index contributed by atoms with van der Waals surface area (Å²) < 4.78 is 5.49. The van der Waals surface area contributed by atoms with Crippen LogP contribution in [0.15, 0.2) is 30.5 Å². The molecule has 25 heavy (non-hydrogen) atoms. The van der Waals surface area contributed by atoms with Crippen molar-refractivity contribution in [2.45, 2.75) is 31.8 Å². The van der Waals surface area contributed by atoms with Gasteiger partial charge in [0.1, 0.15) is 0 Å². The third-order valence-electron chi connectivity index (χ3n) is 5.44. The lowest BCUT2D eigenvalue weighted by atomic mass is 9.99.